The van der Waals surface area contributed by atoms with E-state index in [0.29, 0.717) is 18.5 Å². The maximum Gasteiger partial charge on any atom is 0.361 e. The molecule has 1 aromatic rings. The Kier molecular flexibility index (Phi) is 4.94. The standard InChI is InChI=1S/C12H17O3P/c1-4-11-7-9-12(10-8-11)16(13,14-5-2)15-6-3/h4,7-10H,1,5-6H2,2-3H3. The van der Waals surface area contributed by atoms with Gasteiger partial charge in [-0.2, -0.15) is 0 Å². The second-order valence-electron chi connectivity index (χ2n) is 3.13. The summed E-state index contributed by atoms with van der Waals surface area (Å²) >= 11 is 0. The van der Waals surface area contributed by atoms with Gasteiger partial charge >= 0.3 is 7.60 Å². The zero-order chi connectivity index (χ0) is 12.0. The molecule has 1 rings (SSSR count). The third-order valence-corrected chi connectivity index (χ3v) is 4.17. The van der Waals surface area contributed by atoms with Crippen molar-refractivity contribution in [3.63, 3.8) is 0 Å². The van der Waals surface area contributed by atoms with E-state index in [-0.39, 0.29) is 0 Å². The SMILES string of the molecule is C=Cc1ccc(P(=O)(OCC)OCC)cc1. The van der Waals surface area contributed by atoms with Crippen LogP contribution in [-0.2, 0) is 13.6 Å². The van der Waals surface area contributed by atoms with Crippen molar-refractivity contribution in [2.45, 2.75) is 13.8 Å². The van der Waals surface area contributed by atoms with E-state index in [0.717, 1.165) is 5.56 Å². The van der Waals surface area contributed by atoms with Crippen LogP contribution in [-0.4, -0.2) is 13.2 Å². The predicted molar refractivity (Wildman–Crippen MR) is 67.0 cm³/mol. The van der Waals surface area contributed by atoms with E-state index in [4.69, 9.17) is 9.05 Å². The molecule has 0 unspecified atom stereocenters. The highest BCUT2D eigenvalue weighted by atomic mass is 31.2. The van der Waals surface area contributed by atoms with E-state index < -0.39 is 7.60 Å². The van der Waals surface area contributed by atoms with Gasteiger partial charge in [0.2, 0.25) is 0 Å². The Morgan fingerprint density at radius 2 is 1.69 bits per heavy atom. The van der Waals surface area contributed by atoms with Crippen LogP contribution in [0.15, 0.2) is 30.8 Å². The van der Waals surface area contributed by atoms with Gasteiger partial charge in [-0.25, -0.2) is 0 Å². The van der Waals surface area contributed by atoms with Crippen LogP contribution in [0.3, 0.4) is 0 Å². The Morgan fingerprint density at radius 3 is 2.06 bits per heavy atom. The molecule has 0 saturated heterocycles. The molecule has 0 aromatic heterocycles. The highest BCUT2D eigenvalue weighted by molar-refractivity contribution is 7.62. The van der Waals surface area contributed by atoms with Gasteiger partial charge in [0.15, 0.2) is 0 Å². The van der Waals surface area contributed by atoms with Crippen molar-refractivity contribution in [3.05, 3.63) is 36.4 Å². The smallest absolute Gasteiger partial charge is 0.305 e. The van der Waals surface area contributed by atoms with Gasteiger partial charge in [0.25, 0.3) is 0 Å². The molecular weight excluding hydrogens is 223 g/mol. The van der Waals surface area contributed by atoms with Crippen molar-refractivity contribution in [3.8, 4) is 0 Å². The Balaban J connectivity index is 3.01. The molecule has 0 bridgehead atoms. The fourth-order valence-corrected chi connectivity index (χ4v) is 2.89. The molecule has 0 aliphatic heterocycles. The average molecular weight is 240 g/mol. The van der Waals surface area contributed by atoms with Crippen molar-refractivity contribution >= 4 is 19.0 Å². The van der Waals surface area contributed by atoms with E-state index in [1.54, 1.807) is 32.1 Å². The summed E-state index contributed by atoms with van der Waals surface area (Å²) in [6.45, 7) is 7.98. The molecule has 4 heteroatoms. The van der Waals surface area contributed by atoms with Crippen LogP contribution in [0, 0.1) is 0 Å². The second kappa shape index (κ2) is 6.00. The van der Waals surface area contributed by atoms with Crippen molar-refractivity contribution in [2.75, 3.05) is 13.2 Å². The van der Waals surface area contributed by atoms with Gasteiger partial charge in [-0.15, -0.1) is 0 Å². The van der Waals surface area contributed by atoms with E-state index in [9.17, 15) is 4.57 Å². The lowest BCUT2D eigenvalue weighted by atomic mass is 10.2. The van der Waals surface area contributed by atoms with Crippen LogP contribution in [0.25, 0.3) is 6.08 Å². The summed E-state index contributed by atoms with van der Waals surface area (Å²) in [7, 11) is -3.14. The van der Waals surface area contributed by atoms with Crippen molar-refractivity contribution < 1.29 is 13.6 Å². The minimum Gasteiger partial charge on any atom is -0.305 e. The Morgan fingerprint density at radius 1 is 1.19 bits per heavy atom. The summed E-state index contributed by atoms with van der Waals surface area (Å²) in [5.74, 6) is 0. The fraction of sp³-hybridized carbons (Fsp3) is 0.333. The second-order valence-corrected chi connectivity index (χ2v) is 5.16. The molecule has 0 saturated carbocycles. The summed E-state index contributed by atoms with van der Waals surface area (Å²) < 4.78 is 22.8. The molecule has 0 amide bonds. The molecule has 0 spiro atoms. The summed E-state index contributed by atoms with van der Waals surface area (Å²) in [4.78, 5) is 0. The average Bonchev–Trinajstić information content (AvgIpc) is 2.30. The molecule has 1 aromatic carbocycles. The molecule has 16 heavy (non-hydrogen) atoms. The Hall–Kier alpha value is -0.890. The van der Waals surface area contributed by atoms with Gasteiger partial charge in [-0.05, 0) is 31.5 Å². The van der Waals surface area contributed by atoms with Gasteiger partial charge in [0.1, 0.15) is 0 Å². The van der Waals surface area contributed by atoms with E-state index in [2.05, 4.69) is 6.58 Å². The third kappa shape index (κ3) is 3.05. The van der Waals surface area contributed by atoms with Crippen LogP contribution in [0.2, 0.25) is 0 Å². The number of hydrogen-bond donors (Lipinski definition) is 0. The lowest BCUT2D eigenvalue weighted by molar-refractivity contribution is 0.230. The maximum atomic E-state index is 12.3. The van der Waals surface area contributed by atoms with Crippen LogP contribution in [0.4, 0.5) is 0 Å². The molecule has 0 aliphatic carbocycles. The van der Waals surface area contributed by atoms with Gasteiger partial charge in [0, 0.05) is 0 Å². The van der Waals surface area contributed by atoms with Crippen LogP contribution in [0.5, 0.6) is 0 Å². The molecule has 0 radical (unpaired) electrons. The minimum atomic E-state index is -3.14. The van der Waals surface area contributed by atoms with Crippen LogP contribution < -0.4 is 5.30 Å². The van der Waals surface area contributed by atoms with Crippen LogP contribution >= 0.6 is 7.60 Å². The first-order chi connectivity index (χ1) is 7.66. The number of benzene rings is 1. The van der Waals surface area contributed by atoms with E-state index >= 15 is 0 Å². The molecule has 88 valence electrons. The summed E-state index contributed by atoms with van der Waals surface area (Å²) in [5.41, 5.74) is 0.975. The monoisotopic (exact) mass is 240 g/mol. The minimum absolute atomic E-state index is 0.362. The van der Waals surface area contributed by atoms with E-state index in [1.807, 2.05) is 12.1 Å². The van der Waals surface area contributed by atoms with Crippen molar-refractivity contribution in [1.29, 1.82) is 0 Å². The predicted octanol–water partition coefficient (Wildman–Crippen LogP) is 3.22. The largest absolute Gasteiger partial charge is 0.361 e. The molecule has 3 nitrogen and oxygen atoms in total. The first-order valence-electron chi connectivity index (χ1n) is 5.28. The topological polar surface area (TPSA) is 35.5 Å². The normalized spacial score (nSPS) is 11.4. The summed E-state index contributed by atoms with van der Waals surface area (Å²) in [6, 6.07) is 7.19. The zero-order valence-corrected chi connectivity index (χ0v) is 10.6. The Bertz CT molecular complexity index is 374. The van der Waals surface area contributed by atoms with Crippen LogP contribution in [0.1, 0.15) is 19.4 Å². The first kappa shape index (κ1) is 13.2. The van der Waals surface area contributed by atoms with Crippen molar-refractivity contribution in [1.82, 2.24) is 0 Å². The van der Waals surface area contributed by atoms with E-state index in [1.165, 1.54) is 0 Å². The highest BCUT2D eigenvalue weighted by Crippen LogP contribution is 2.46. The molecule has 0 N–H and O–H groups in total. The Labute approximate surface area is 96.6 Å². The molecule has 0 aliphatic rings. The molecule has 0 atom stereocenters. The zero-order valence-electron chi connectivity index (χ0n) is 9.68. The molecule has 0 heterocycles. The lowest BCUT2D eigenvalue weighted by Crippen LogP contribution is -2.10. The molecular formula is C12H17O3P. The fourth-order valence-electron chi connectivity index (χ4n) is 1.32. The number of rotatable bonds is 6. The number of hydrogen-bond acceptors (Lipinski definition) is 3. The lowest BCUT2D eigenvalue weighted by Gasteiger charge is -2.17. The summed E-state index contributed by atoms with van der Waals surface area (Å²) in [6.07, 6.45) is 1.73. The van der Waals surface area contributed by atoms with Gasteiger partial charge in [-0.1, -0.05) is 24.8 Å². The maximum absolute atomic E-state index is 12.3. The van der Waals surface area contributed by atoms with Gasteiger partial charge < -0.3 is 9.05 Å². The summed E-state index contributed by atoms with van der Waals surface area (Å²) in [5, 5.41) is 0.585. The molecule has 0 fully saturated rings. The first-order valence-corrected chi connectivity index (χ1v) is 6.82. The quantitative estimate of drug-likeness (QED) is 0.716. The third-order valence-electron chi connectivity index (χ3n) is 2.04. The van der Waals surface area contributed by atoms with Gasteiger partial charge in [0.05, 0.1) is 18.5 Å². The van der Waals surface area contributed by atoms with Gasteiger partial charge in [-0.3, -0.25) is 4.57 Å². The highest BCUT2D eigenvalue weighted by Gasteiger charge is 2.25. The van der Waals surface area contributed by atoms with Crippen molar-refractivity contribution in [2.24, 2.45) is 0 Å².